The van der Waals surface area contributed by atoms with Gasteiger partial charge in [0.1, 0.15) is 0 Å². The molecule has 1 saturated carbocycles. The van der Waals surface area contributed by atoms with Gasteiger partial charge in [-0.25, -0.2) is 0 Å². The van der Waals surface area contributed by atoms with Gasteiger partial charge in [-0.1, -0.05) is 24.6 Å². The third-order valence-electron chi connectivity index (χ3n) is 3.55. The van der Waals surface area contributed by atoms with Crippen molar-refractivity contribution in [1.82, 2.24) is 5.32 Å². The standard InChI is InChI=1S/C14H19ClN2S/c1-9-6-7-11(8-9)16-14(18)17-13-5-3-4-12(15)10(13)2/h3-5,9,11H,6-8H2,1-2H3,(H2,16,17,18). The Balaban J connectivity index is 1.93. The Labute approximate surface area is 119 Å². The predicted molar refractivity (Wildman–Crippen MR) is 82.3 cm³/mol. The van der Waals surface area contributed by atoms with Crippen molar-refractivity contribution >= 4 is 34.6 Å². The molecule has 0 saturated heterocycles. The second-order valence-corrected chi connectivity index (χ2v) is 5.94. The summed E-state index contributed by atoms with van der Waals surface area (Å²) < 4.78 is 0. The number of rotatable bonds is 2. The molecule has 2 atom stereocenters. The Morgan fingerprint density at radius 2 is 2.17 bits per heavy atom. The highest BCUT2D eigenvalue weighted by Gasteiger charge is 2.21. The monoisotopic (exact) mass is 282 g/mol. The smallest absolute Gasteiger partial charge is 0.171 e. The van der Waals surface area contributed by atoms with Crippen molar-refractivity contribution in [1.29, 1.82) is 0 Å². The molecule has 18 heavy (non-hydrogen) atoms. The van der Waals surface area contributed by atoms with Crippen LogP contribution in [0.15, 0.2) is 18.2 Å². The molecule has 2 N–H and O–H groups in total. The summed E-state index contributed by atoms with van der Waals surface area (Å²) in [5.41, 5.74) is 2.01. The lowest BCUT2D eigenvalue weighted by atomic mass is 10.1. The fourth-order valence-corrected chi connectivity index (χ4v) is 2.88. The van der Waals surface area contributed by atoms with Gasteiger partial charge >= 0.3 is 0 Å². The molecule has 98 valence electrons. The highest BCUT2D eigenvalue weighted by molar-refractivity contribution is 7.80. The second-order valence-electron chi connectivity index (χ2n) is 5.13. The van der Waals surface area contributed by atoms with Crippen LogP contribution in [-0.4, -0.2) is 11.2 Å². The lowest BCUT2D eigenvalue weighted by molar-refractivity contribution is 0.572. The zero-order chi connectivity index (χ0) is 13.1. The van der Waals surface area contributed by atoms with Crippen LogP contribution in [0.4, 0.5) is 5.69 Å². The maximum Gasteiger partial charge on any atom is 0.171 e. The summed E-state index contributed by atoms with van der Waals surface area (Å²) in [4.78, 5) is 0. The average Bonchev–Trinajstić information content (AvgIpc) is 2.70. The van der Waals surface area contributed by atoms with Gasteiger partial charge in [0.2, 0.25) is 0 Å². The molecular formula is C14H19ClN2S. The zero-order valence-electron chi connectivity index (χ0n) is 10.8. The molecule has 1 aromatic rings. The van der Waals surface area contributed by atoms with E-state index in [0.29, 0.717) is 11.2 Å². The van der Waals surface area contributed by atoms with Gasteiger partial charge < -0.3 is 10.6 Å². The number of hydrogen-bond donors (Lipinski definition) is 2. The number of thiocarbonyl (C=S) groups is 1. The first kappa shape index (κ1) is 13.6. The van der Waals surface area contributed by atoms with Gasteiger partial charge in [0.25, 0.3) is 0 Å². The summed E-state index contributed by atoms with van der Waals surface area (Å²) in [7, 11) is 0. The summed E-state index contributed by atoms with van der Waals surface area (Å²) in [5.74, 6) is 0.804. The molecule has 0 amide bonds. The van der Waals surface area contributed by atoms with E-state index in [4.69, 9.17) is 23.8 Å². The minimum atomic E-state index is 0.513. The van der Waals surface area contributed by atoms with Crippen molar-refractivity contribution in [3.05, 3.63) is 28.8 Å². The number of hydrogen-bond acceptors (Lipinski definition) is 1. The molecular weight excluding hydrogens is 264 g/mol. The van der Waals surface area contributed by atoms with Gasteiger partial charge in [-0.15, -0.1) is 0 Å². The maximum absolute atomic E-state index is 6.08. The van der Waals surface area contributed by atoms with E-state index in [1.54, 1.807) is 0 Å². The highest BCUT2D eigenvalue weighted by Crippen LogP contribution is 2.25. The molecule has 1 aliphatic carbocycles. The van der Waals surface area contributed by atoms with E-state index >= 15 is 0 Å². The molecule has 0 aromatic heterocycles. The summed E-state index contributed by atoms with van der Waals surface area (Å²) in [6.45, 7) is 4.28. The molecule has 0 heterocycles. The lowest BCUT2D eigenvalue weighted by Gasteiger charge is -2.17. The Morgan fingerprint density at radius 3 is 2.83 bits per heavy atom. The van der Waals surface area contributed by atoms with Crippen molar-refractivity contribution in [2.24, 2.45) is 5.92 Å². The van der Waals surface area contributed by atoms with Gasteiger partial charge in [-0.05, 0) is 62.0 Å². The van der Waals surface area contributed by atoms with Gasteiger partial charge in [-0.2, -0.15) is 0 Å². The van der Waals surface area contributed by atoms with Crippen LogP contribution in [0.5, 0.6) is 0 Å². The summed E-state index contributed by atoms with van der Waals surface area (Å²) >= 11 is 11.4. The van der Waals surface area contributed by atoms with Gasteiger partial charge in [-0.3, -0.25) is 0 Å². The first-order chi connectivity index (χ1) is 8.56. The third-order valence-corrected chi connectivity index (χ3v) is 4.18. The van der Waals surface area contributed by atoms with E-state index in [1.807, 2.05) is 25.1 Å². The van der Waals surface area contributed by atoms with Crippen LogP contribution < -0.4 is 10.6 Å². The van der Waals surface area contributed by atoms with Crippen LogP contribution in [0.1, 0.15) is 31.7 Å². The van der Waals surface area contributed by atoms with Crippen molar-refractivity contribution in [3.63, 3.8) is 0 Å². The first-order valence-electron chi connectivity index (χ1n) is 6.39. The fraction of sp³-hybridized carbons (Fsp3) is 0.500. The minimum absolute atomic E-state index is 0.513. The molecule has 1 aromatic carbocycles. The Bertz CT molecular complexity index is 447. The Kier molecular flexibility index (Phi) is 4.46. The van der Waals surface area contributed by atoms with Crippen LogP contribution >= 0.6 is 23.8 Å². The quantitative estimate of drug-likeness (QED) is 0.798. The summed E-state index contributed by atoms with van der Waals surface area (Å²) in [5, 5.41) is 8.07. The van der Waals surface area contributed by atoms with E-state index in [0.717, 1.165) is 22.2 Å². The fourth-order valence-electron chi connectivity index (χ4n) is 2.42. The average molecular weight is 283 g/mol. The van der Waals surface area contributed by atoms with Crippen LogP contribution in [0.2, 0.25) is 5.02 Å². The van der Waals surface area contributed by atoms with Crippen molar-refractivity contribution in [2.45, 2.75) is 39.2 Å². The molecule has 1 aliphatic rings. The molecule has 2 nitrogen and oxygen atoms in total. The summed E-state index contributed by atoms with van der Waals surface area (Å²) in [6, 6.07) is 6.32. The number of halogens is 1. The molecule has 0 radical (unpaired) electrons. The lowest BCUT2D eigenvalue weighted by Crippen LogP contribution is -2.36. The predicted octanol–water partition coefficient (Wildman–Crippen LogP) is 4.12. The number of benzene rings is 1. The molecule has 4 heteroatoms. The summed E-state index contributed by atoms with van der Waals surface area (Å²) in [6.07, 6.45) is 3.70. The molecule has 1 fully saturated rings. The second kappa shape index (κ2) is 5.89. The topological polar surface area (TPSA) is 24.1 Å². The van der Waals surface area contributed by atoms with Crippen LogP contribution in [0.25, 0.3) is 0 Å². The zero-order valence-corrected chi connectivity index (χ0v) is 12.4. The minimum Gasteiger partial charge on any atom is -0.360 e. The van der Waals surface area contributed by atoms with Crippen LogP contribution in [-0.2, 0) is 0 Å². The molecule has 2 unspecified atom stereocenters. The van der Waals surface area contributed by atoms with Gasteiger partial charge in [0, 0.05) is 16.8 Å². The first-order valence-corrected chi connectivity index (χ1v) is 7.17. The molecule has 0 aliphatic heterocycles. The van der Waals surface area contributed by atoms with E-state index in [9.17, 15) is 0 Å². The number of nitrogens with one attached hydrogen (secondary N) is 2. The van der Waals surface area contributed by atoms with Crippen molar-refractivity contribution in [3.8, 4) is 0 Å². The van der Waals surface area contributed by atoms with E-state index in [-0.39, 0.29) is 0 Å². The van der Waals surface area contributed by atoms with Crippen LogP contribution in [0.3, 0.4) is 0 Å². The Morgan fingerprint density at radius 1 is 1.39 bits per heavy atom. The third kappa shape index (κ3) is 3.36. The number of anilines is 1. The van der Waals surface area contributed by atoms with E-state index < -0.39 is 0 Å². The van der Waals surface area contributed by atoms with Crippen LogP contribution in [0, 0.1) is 12.8 Å². The SMILES string of the molecule is Cc1c(Cl)cccc1NC(=S)NC1CCC(C)C1. The van der Waals surface area contributed by atoms with Gasteiger partial charge in [0.15, 0.2) is 5.11 Å². The van der Waals surface area contributed by atoms with Crippen molar-refractivity contribution < 1.29 is 0 Å². The van der Waals surface area contributed by atoms with E-state index in [2.05, 4.69) is 17.6 Å². The highest BCUT2D eigenvalue weighted by atomic mass is 35.5. The molecule has 0 spiro atoms. The molecule has 0 bridgehead atoms. The maximum atomic E-state index is 6.08. The Hall–Kier alpha value is -0.800. The van der Waals surface area contributed by atoms with Crippen molar-refractivity contribution in [2.75, 3.05) is 5.32 Å². The normalized spacial score (nSPS) is 22.8. The van der Waals surface area contributed by atoms with Gasteiger partial charge in [0.05, 0.1) is 0 Å². The van der Waals surface area contributed by atoms with E-state index in [1.165, 1.54) is 19.3 Å². The largest absolute Gasteiger partial charge is 0.360 e. The molecule has 2 rings (SSSR count).